The molecule has 0 bridgehead atoms. The van der Waals surface area contributed by atoms with Crippen LogP contribution in [-0.4, -0.2) is 52.1 Å². The van der Waals surface area contributed by atoms with Gasteiger partial charge in [0.1, 0.15) is 6.04 Å². The molecule has 1 aromatic rings. The van der Waals surface area contributed by atoms with E-state index < -0.39 is 18.0 Å². The summed E-state index contributed by atoms with van der Waals surface area (Å²) in [6.07, 6.45) is 2.97. The number of aromatic amines is 1. The topological polar surface area (TPSA) is 136 Å². The number of H-pyrrole nitrogens is 1. The van der Waals surface area contributed by atoms with Crippen LogP contribution in [0.2, 0.25) is 0 Å². The number of carboxylic acid groups (broad SMARTS) is 1. The molecule has 5 N–H and O–H groups in total. The first kappa shape index (κ1) is 15.5. The van der Waals surface area contributed by atoms with Crippen LogP contribution in [0.25, 0.3) is 0 Å². The van der Waals surface area contributed by atoms with Crippen LogP contribution in [0.5, 0.6) is 0 Å². The van der Waals surface area contributed by atoms with E-state index >= 15 is 0 Å². The number of rotatable bonds is 7. The summed E-state index contributed by atoms with van der Waals surface area (Å²) in [6, 6.07) is -1.83. The second-order valence-corrected chi connectivity index (χ2v) is 3.95. The van der Waals surface area contributed by atoms with Crippen LogP contribution in [0.4, 0.5) is 4.79 Å². The van der Waals surface area contributed by atoms with Crippen molar-refractivity contribution in [3.05, 3.63) is 18.2 Å². The van der Waals surface area contributed by atoms with Crippen molar-refractivity contribution in [3.8, 4) is 0 Å². The number of aliphatic carboxylic acids is 1. The lowest BCUT2D eigenvalue weighted by atomic mass is 10.2. The number of nitrogens with one attached hydrogen (secondary N) is 4. The molecule has 0 aliphatic heterocycles. The standard InChI is InChI=1S/C11H17N5O4/c1-2-13-9(17)5-14-11(20)16-8(10(18)19)3-7-4-12-6-15-7/h4,6,8H,2-3,5H2,1H3,(H,12,15)(H,13,17)(H,18,19)(H2,14,16,20). The van der Waals surface area contributed by atoms with Crippen molar-refractivity contribution in [2.24, 2.45) is 0 Å². The van der Waals surface area contributed by atoms with Gasteiger partial charge in [-0.15, -0.1) is 0 Å². The lowest BCUT2D eigenvalue weighted by Crippen LogP contribution is -2.49. The molecule has 110 valence electrons. The highest BCUT2D eigenvalue weighted by atomic mass is 16.4. The lowest BCUT2D eigenvalue weighted by Gasteiger charge is -2.14. The predicted octanol–water partition coefficient (Wildman–Crippen LogP) is -1.16. The molecular weight excluding hydrogens is 266 g/mol. The summed E-state index contributed by atoms with van der Waals surface area (Å²) in [4.78, 5) is 40.2. The van der Waals surface area contributed by atoms with Gasteiger partial charge in [0.25, 0.3) is 0 Å². The molecule has 1 aromatic heterocycles. The highest BCUT2D eigenvalue weighted by molar-refractivity contribution is 5.86. The molecule has 20 heavy (non-hydrogen) atoms. The summed E-state index contributed by atoms with van der Waals surface area (Å²) in [5, 5.41) is 16.1. The van der Waals surface area contributed by atoms with E-state index in [0.29, 0.717) is 12.2 Å². The first-order valence-electron chi connectivity index (χ1n) is 6.04. The molecule has 1 heterocycles. The first-order valence-corrected chi connectivity index (χ1v) is 6.04. The highest BCUT2D eigenvalue weighted by Gasteiger charge is 2.21. The van der Waals surface area contributed by atoms with Gasteiger partial charge in [0.05, 0.1) is 12.9 Å². The van der Waals surface area contributed by atoms with Crippen LogP contribution in [0.3, 0.4) is 0 Å². The fourth-order valence-corrected chi connectivity index (χ4v) is 1.45. The molecule has 1 atom stereocenters. The van der Waals surface area contributed by atoms with E-state index in [1.807, 2.05) is 0 Å². The van der Waals surface area contributed by atoms with Crippen molar-refractivity contribution in [2.75, 3.05) is 13.1 Å². The number of imidazole rings is 1. The Bertz CT molecular complexity index is 459. The Hall–Kier alpha value is -2.58. The normalized spacial score (nSPS) is 11.4. The van der Waals surface area contributed by atoms with Gasteiger partial charge in [-0.1, -0.05) is 0 Å². The van der Waals surface area contributed by atoms with Gasteiger partial charge in [0, 0.05) is 24.9 Å². The molecule has 9 nitrogen and oxygen atoms in total. The summed E-state index contributed by atoms with van der Waals surface area (Å²) in [6.45, 7) is 2.00. The number of aromatic nitrogens is 2. The van der Waals surface area contributed by atoms with E-state index in [4.69, 9.17) is 5.11 Å². The molecule has 0 saturated carbocycles. The third-order valence-corrected chi connectivity index (χ3v) is 2.37. The van der Waals surface area contributed by atoms with E-state index in [2.05, 4.69) is 25.9 Å². The zero-order valence-corrected chi connectivity index (χ0v) is 11.0. The molecule has 0 radical (unpaired) electrons. The van der Waals surface area contributed by atoms with Crippen LogP contribution in [-0.2, 0) is 16.0 Å². The number of urea groups is 1. The van der Waals surface area contributed by atoms with Gasteiger partial charge in [-0.25, -0.2) is 14.6 Å². The average molecular weight is 283 g/mol. The van der Waals surface area contributed by atoms with Crippen LogP contribution in [0.1, 0.15) is 12.6 Å². The largest absolute Gasteiger partial charge is 0.480 e. The fourth-order valence-electron chi connectivity index (χ4n) is 1.45. The van der Waals surface area contributed by atoms with E-state index in [9.17, 15) is 14.4 Å². The van der Waals surface area contributed by atoms with Crippen molar-refractivity contribution >= 4 is 17.9 Å². The molecule has 0 fully saturated rings. The maximum atomic E-state index is 11.5. The van der Waals surface area contributed by atoms with Gasteiger partial charge >= 0.3 is 12.0 Å². The van der Waals surface area contributed by atoms with Crippen molar-refractivity contribution < 1.29 is 19.5 Å². The van der Waals surface area contributed by atoms with Crippen LogP contribution < -0.4 is 16.0 Å². The predicted molar refractivity (Wildman–Crippen MR) is 68.9 cm³/mol. The Morgan fingerprint density at radius 2 is 2.15 bits per heavy atom. The number of amides is 3. The molecule has 0 spiro atoms. The smallest absolute Gasteiger partial charge is 0.326 e. The number of carbonyl (C=O) groups is 3. The zero-order chi connectivity index (χ0) is 15.0. The summed E-state index contributed by atoms with van der Waals surface area (Å²) < 4.78 is 0. The van der Waals surface area contributed by atoms with E-state index in [1.165, 1.54) is 12.5 Å². The van der Waals surface area contributed by atoms with Crippen molar-refractivity contribution in [1.82, 2.24) is 25.9 Å². The summed E-state index contributed by atoms with van der Waals surface area (Å²) >= 11 is 0. The number of nitrogens with zero attached hydrogens (tertiary/aromatic N) is 1. The summed E-state index contributed by atoms with van der Waals surface area (Å²) in [5.74, 6) is -1.52. The Morgan fingerprint density at radius 3 is 2.70 bits per heavy atom. The Morgan fingerprint density at radius 1 is 1.40 bits per heavy atom. The third kappa shape index (κ3) is 5.38. The van der Waals surface area contributed by atoms with Crippen molar-refractivity contribution in [1.29, 1.82) is 0 Å². The number of carboxylic acids is 1. The molecule has 1 unspecified atom stereocenters. The first-order chi connectivity index (χ1) is 9.52. The molecule has 0 aromatic carbocycles. The maximum absolute atomic E-state index is 11.5. The lowest BCUT2D eigenvalue weighted by molar-refractivity contribution is -0.139. The minimum Gasteiger partial charge on any atom is -0.480 e. The second kappa shape index (κ2) is 7.77. The molecule has 3 amide bonds. The van der Waals surface area contributed by atoms with E-state index in [0.717, 1.165) is 0 Å². The number of carbonyl (C=O) groups excluding carboxylic acids is 2. The summed E-state index contributed by atoms with van der Waals surface area (Å²) in [5.41, 5.74) is 0.585. The van der Waals surface area contributed by atoms with Gasteiger partial charge in [0.2, 0.25) is 5.91 Å². The minimum absolute atomic E-state index is 0.0733. The van der Waals surface area contributed by atoms with Crippen molar-refractivity contribution in [2.45, 2.75) is 19.4 Å². The second-order valence-electron chi connectivity index (χ2n) is 3.95. The molecule has 0 saturated heterocycles. The molecule has 9 heteroatoms. The molecule has 0 aliphatic carbocycles. The monoisotopic (exact) mass is 283 g/mol. The van der Waals surface area contributed by atoms with Crippen molar-refractivity contribution in [3.63, 3.8) is 0 Å². The van der Waals surface area contributed by atoms with E-state index in [-0.39, 0.29) is 18.9 Å². The van der Waals surface area contributed by atoms with Crippen LogP contribution in [0, 0.1) is 0 Å². The number of hydrogen-bond acceptors (Lipinski definition) is 4. The van der Waals surface area contributed by atoms with E-state index in [1.54, 1.807) is 6.92 Å². The number of likely N-dealkylation sites (N-methyl/N-ethyl adjacent to an activating group) is 1. The van der Waals surface area contributed by atoms with Crippen LogP contribution in [0.15, 0.2) is 12.5 Å². The highest BCUT2D eigenvalue weighted by Crippen LogP contribution is 1.98. The SMILES string of the molecule is CCNC(=O)CNC(=O)NC(Cc1cnc[nH]1)C(=O)O. The van der Waals surface area contributed by atoms with Crippen LogP contribution >= 0.6 is 0 Å². The van der Waals surface area contributed by atoms with Gasteiger partial charge in [-0.2, -0.15) is 0 Å². The third-order valence-electron chi connectivity index (χ3n) is 2.37. The fraction of sp³-hybridized carbons (Fsp3) is 0.455. The van der Waals surface area contributed by atoms with Gasteiger partial charge in [-0.3, -0.25) is 4.79 Å². The Balaban J connectivity index is 2.43. The molecular formula is C11H17N5O4. The number of hydrogen-bond donors (Lipinski definition) is 5. The molecule has 0 aliphatic rings. The van der Waals surface area contributed by atoms with Gasteiger partial charge < -0.3 is 26.0 Å². The van der Waals surface area contributed by atoms with Gasteiger partial charge in [-0.05, 0) is 6.92 Å². The minimum atomic E-state index is -1.17. The molecule has 1 rings (SSSR count). The quantitative estimate of drug-likeness (QED) is 0.430. The Labute approximate surface area is 115 Å². The zero-order valence-electron chi connectivity index (χ0n) is 11.0. The summed E-state index contributed by atoms with van der Waals surface area (Å²) in [7, 11) is 0. The van der Waals surface area contributed by atoms with Gasteiger partial charge in [0.15, 0.2) is 0 Å². The Kier molecular flexibility index (Phi) is 6.01. The maximum Gasteiger partial charge on any atom is 0.326 e. The average Bonchev–Trinajstić information content (AvgIpc) is 2.89.